The fourth-order valence-corrected chi connectivity index (χ4v) is 1.30. The monoisotopic (exact) mass is 265 g/mol. The third-order valence-electron chi connectivity index (χ3n) is 2.51. The maximum atomic E-state index is 12.6. The summed E-state index contributed by atoms with van der Waals surface area (Å²) in [6.07, 6.45) is 3.51. The van der Waals surface area contributed by atoms with Gasteiger partial charge in [-0.15, -0.1) is 0 Å². The van der Waals surface area contributed by atoms with E-state index in [1.165, 1.54) is 19.1 Å². The normalized spacial score (nSPS) is 12.3. The number of hydrogen-bond acceptors (Lipinski definition) is 2. The summed E-state index contributed by atoms with van der Waals surface area (Å²) in [5.74, 6) is -2.10. The molecule has 1 aromatic carbocycles. The molecule has 0 aliphatic rings. The Balaban J connectivity index is 2.34. The number of carbonyl (C=O) groups excluding carboxylic acids is 1. The van der Waals surface area contributed by atoms with Crippen LogP contribution in [0.3, 0.4) is 0 Å². The maximum Gasteiger partial charge on any atom is 0.308 e. The summed E-state index contributed by atoms with van der Waals surface area (Å²) in [6, 6.07) is 5.90. The van der Waals surface area contributed by atoms with Crippen molar-refractivity contribution in [3.8, 4) is 0 Å². The second kappa shape index (κ2) is 7.31. The molecule has 0 saturated carbocycles. The first kappa shape index (κ1) is 14.9. The van der Waals surface area contributed by atoms with Crippen LogP contribution in [0.1, 0.15) is 18.9 Å². The summed E-state index contributed by atoms with van der Waals surface area (Å²) >= 11 is 0. The van der Waals surface area contributed by atoms with Crippen LogP contribution in [-0.4, -0.2) is 23.5 Å². The van der Waals surface area contributed by atoms with E-state index >= 15 is 0 Å². The molecule has 1 unspecified atom stereocenters. The zero-order valence-electron chi connectivity index (χ0n) is 10.6. The smallest absolute Gasteiger partial charge is 0.308 e. The second-order valence-corrected chi connectivity index (χ2v) is 4.20. The molecule has 0 aliphatic heterocycles. The molecule has 0 aromatic heterocycles. The van der Waals surface area contributed by atoms with Gasteiger partial charge in [0, 0.05) is 13.0 Å². The van der Waals surface area contributed by atoms with E-state index in [9.17, 15) is 14.0 Å². The molecule has 0 saturated heterocycles. The molecule has 0 heterocycles. The molecule has 1 atom stereocenters. The lowest BCUT2D eigenvalue weighted by atomic mass is 10.2. The molecule has 4 nitrogen and oxygen atoms in total. The van der Waals surface area contributed by atoms with Crippen molar-refractivity contribution in [3.63, 3.8) is 0 Å². The highest BCUT2D eigenvalue weighted by Gasteiger charge is 2.11. The van der Waals surface area contributed by atoms with Gasteiger partial charge in [0.05, 0.1) is 5.92 Å². The summed E-state index contributed by atoms with van der Waals surface area (Å²) < 4.78 is 12.6. The largest absolute Gasteiger partial charge is 0.481 e. The highest BCUT2D eigenvalue weighted by atomic mass is 19.1. The Labute approximate surface area is 110 Å². The van der Waals surface area contributed by atoms with Crippen molar-refractivity contribution in [1.29, 1.82) is 0 Å². The minimum Gasteiger partial charge on any atom is -0.481 e. The minimum atomic E-state index is -0.942. The van der Waals surface area contributed by atoms with E-state index in [2.05, 4.69) is 5.32 Å². The Kier molecular flexibility index (Phi) is 5.73. The molecule has 1 aromatic rings. The highest BCUT2D eigenvalue weighted by Crippen LogP contribution is 2.05. The summed E-state index contributed by atoms with van der Waals surface area (Å²) in [7, 11) is 0. The van der Waals surface area contributed by atoms with Gasteiger partial charge < -0.3 is 10.4 Å². The number of halogens is 1. The van der Waals surface area contributed by atoms with Crippen LogP contribution in [0.25, 0.3) is 6.08 Å². The molecule has 0 bridgehead atoms. The van der Waals surface area contributed by atoms with Gasteiger partial charge in [0.1, 0.15) is 5.82 Å². The lowest BCUT2D eigenvalue weighted by Crippen LogP contribution is -2.30. The first-order valence-corrected chi connectivity index (χ1v) is 5.90. The molecule has 1 rings (SSSR count). The van der Waals surface area contributed by atoms with Gasteiger partial charge >= 0.3 is 5.97 Å². The SMILES string of the molecule is CC(CNC(=O)C/C=C/c1ccc(F)cc1)C(=O)O. The van der Waals surface area contributed by atoms with Gasteiger partial charge in [-0.1, -0.05) is 31.2 Å². The fourth-order valence-electron chi connectivity index (χ4n) is 1.30. The number of nitrogens with one attached hydrogen (secondary N) is 1. The number of carbonyl (C=O) groups is 2. The number of hydrogen-bond donors (Lipinski definition) is 2. The number of rotatable bonds is 6. The molecule has 19 heavy (non-hydrogen) atoms. The number of amides is 1. The Morgan fingerprint density at radius 1 is 1.37 bits per heavy atom. The van der Waals surface area contributed by atoms with E-state index in [0.717, 1.165) is 5.56 Å². The Hall–Kier alpha value is -2.17. The molecule has 0 fully saturated rings. The lowest BCUT2D eigenvalue weighted by Gasteiger charge is -2.06. The quantitative estimate of drug-likeness (QED) is 0.827. The Morgan fingerprint density at radius 3 is 2.58 bits per heavy atom. The van der Waals surface area contributed by atoms with Gasteiger partial charge in [0.15, 0.2) is 0 Å². The van der Waals surface area contributed by atoms with Crippen molar-refractivity contribution in [2.75, 3.05) is 6.54 Å². The number of aliphatic carboxylic acids is 1. The zero-order valence-corrected chi connectivity index (χ0v) is 10.6. The molecule has 5 heteroatoms. The molecular weight excluding hydrogens is 249 g/mol. The summed E-state index contributed by atoms with van der Waals surface area (Å²) in [5, 5.41) is 11.2. The van der Waals surface area contributed by atoms with Crippen LogP contribution < -0.4 is 5.32 Å². The average Bonchev–Trinajstić information content (AvgIpc) is 2.38. The molecule has 2 N–H and O–H groups in total. The maximum absolute atomic E-state index is 12.6. The summed E-state index contributed by atoms with van der Waals surface area (Å²) in [5.41, 5.74) is 0.799. The fraction of sp³-hybridized carbons (Fsp3) is 0.286. The van der Waals surface area contributed by atoms with E-state index in [-0.39, 0.29) is 24.7 Å². The predicted octanol–water partition coefficient (Wildman–Crippen LogP) is 2.07. The van der Waals surface area contributed by atoms with Gasteiger partial charge in [-0.3, -0.25) is 9.59 Å². The van der Waals surface area contributed by atoms with E-state index in [1.807, 2.05) is 0 Å². The van der Waals surface area contributed by atoms with Crippen LogP contribution in [0.2, 0.25) is 0 Å². The van der Waals surface area contributed by atoms with Gasteiger partial charge in [0.25, 0.3) is 0 Å². The predicted molar refractivity (Wildman–Crippen MR) is 69.9 cm³/mol. The Bertz CT molecular complexity index is 468. The lowest BCUT2D eigenvalue weighted by molar-refractivity contribution is -0.141. The van der Waals surface area contributed by atoms with Crippen molar-refractivity contribution in [3.05, 3.63) is 41.7 Å². The summed E-state index contributed by atoms with van der Waals surface area (Å²) in [6.45, 7) is 1.63. The van der Waals surface area contributed by atoms with Crippen molar-refractivity contribution in [1.82, 2.24) is 5.32 Å². The topological polar surface area (TPSA) is 66.4 Å². The molecular formula is C14H16FNO3. The van der Waals surface area contributed by atoms with Gasteiger partial charge in [0.2, 0.25) is 5.91 Å². The van der Waals surface area contributed by atoms with Crippen LogP contribution in [0.5, 0.6) is 0 Å². The molecule has 1 amide bonds. The zero-order chi connectivity index (χ0) is 14.3. The van der Waals surface area contributed by atoms with Crippen molar-refractivity contribution in [2.45, 2.75) is 13.3 Å². The van der Waals surface area contributed by atoms with Gasteiger partial charge in [-0.2, -0.15) is 0 Å². The highest BCUT2D eigenvalue weighted by molar-refractivity contribution is 5.79. The second-order valence-electron chi connectivity index (χ2n) is 4.20. The van der Waals surface area contributed by atoms with E-state index in [1.54, 1.807) is 24.3 Å². The number of carboxylic acid groups (broad SMARTS) is 1. The van der Waals surface area contributed by atoms with E-state index in [0.29, 0.717) is 0 Å². The first-order valence-electron chi connectivity index (χ1n) is 5.90. The van der Waals surface area contributed by atoms with E-state index < -0.39 is 11.9 Å². The standard InChI is InChI=1S/C14H16FNO3/c1-10(14(18)19)9-16-13(17)4-2-3-11-5-7-12(15)8-6-11/h2-3,5-8,10H,4,9H2,1H3,(H,16,17)(H,18,19)/b3-2+. The van der Waals surface area contributed by atoms with Gasteiger partial charge in [-0.05, 0) is 17.7 Å². The average molecular weight is 265 g/mol. The van der Waals surface area contributed by atoms with Gasteiger partial charge in [-0.25, -0.2) is 4.39 Å². The van der Waals surface area contributed by atoms with Crippen molar-refractivity contribution >= 4 is 18.0 Å². The number of benzene rings is 1. The van der Waals surface area contributed by atoms with E-state index in [4.69, 9.17) is 5.11 Å². The third-order valence-corrected chi connectivity index (χ3v) is 2.51. The van der Waals surface area contributed by atoms with Crippen LogP contribution in [0.15, 0.2) is 30.3 Å². The molecule has 102 valence electrons. The first-order chi connectivity index (χ1) is 8.99. The number of carboxylic acids is 1. The van der Waals surface area contributed by atoms with Crippen molar-refractivity contribution in [2.24, 2.45) is 5.92 Å². The summed E-state index contributed by atoms with van der Waals surface area (Å²) in [4.78, 5) is 21.9. The third kappa shape index (κ3) is 5.81. The van der Waals surface area contributed by atoms with Crippen LogP contribution >= 0.6 is 0 Å². The minimum absolute atomic E-state index is 0.110. The van der Waals surface area contributed by atoms with Crippen LogP contribution in [0, 0.1) is 11.7 Å². The molecule has 0 spiro atoms. The molecule has 0 radical (unpaired) electrons. The van der Waals surface area contributed by atoms with Crippen molar-refractivity contribution < 1.29 is 19.1 Å². The van der Waals surface area contributed by atoms with Crippen LogP contribution in [-0.2, 0) is 9.59 Å². The Morgan fingerprint density at radius 2 is 2.00 bits per heavy atom. The molecule has 0 aliphatic carbocycles. The van der Waals surface area contributed by atoms with Crippen LogP contribution in [0.4, 0.5) is 4.39 Å².